The molecule has 6 nitrogen and oxygen atoms in total. The normalized spacial score (nSPS) is 11.6. The van der Waals surface area contributed by atoms with Crippen LogP contribution in [0.25, 0.3) is 18.3 Å². The van der Waals surface area contributed by atoms with E-state index in [0.29, 0.717) is 16.3 Å². The van der Waals surface area contributed by atoms with Gasteiger partial charge in [0.05, 0.1) is 26.8 Å². The first-order valence-corrected chi connectivity index (χ1v) is 9.63. The van der Waals surface area contributed by atoms with Crippen LogP contribution in [0.1, 0.15) is 29.8 Å². The van der Waals surface area contributed by atoms with Crippen LogP contribution in [-0.2, 0) is 0 Å². The van der Waals surface area contributed by atoms with Crippen molar-refractivity contribution in [2.45, 2.75) is 13.8 Å². The maximum Gasteiger partial charge on any atom is 0.337 e. The molecule has 0 bridgehead atoms. The maximum absolute atomic E-state index is 12.9. The van der Waals surface area contributed by atoms with E-state index in [1.54, 1.807) is 12.1 Å². The summed E-state index contributed by atoms with van der Waals surface area (Å²) in [6.07, 6.45) is 1.76. The zero-order valence-electron chi connectivity index (χ0n) is 16.3. The predicted molar refractivity (Wildman–Crippen MR) is 117 cm³/mol. The number of H-pyrrole nitrogens is 1. The lowest BCUT2D eigenvalue weighted by atomic mass is 10.1. The van der Waals surface area contributed by atoms with Gasteiger partial charge in [-0.1, -0.05) is 30.3 Å². The molecule has 0 aliphatic rings. The van der Waals surface area contributed by atoms with E-state index < -0.39 is 5.97 Å². The van der Waals surface area contributed by atoms with E-state index in [9.17, 15) is 14.7 Å². The Balaban J connectivity index is 2.05. The van der Waals surface area contributed by atoms with Crippen LogP contribution in [-0.4, -0.2) is 33.9 Å². The lowest BCUT2D eigenvalue weighted by Gasteiger charge is -2.20. The Morgan fingerprint density at radius 3 is 2.45 bits per heavy atom. The van der Waals surface area contributed by atoms with Gasteiger partial charge in [0, 0.05) is 18.8 Å². The summed E-state index contributed by atoms with van der Waals surface area (Å²) in [6.45, 7) is 9.96. The smallest absolute Gasteiger partial charge is 0.337 e. The highest BCUT2D eigenvalue weighted by molar-refractivity contribution is 6.33. The number of rotatable bonds is 6. The predicted octanol–water partition coefficient (Wildman–Crippen LogP) is 2.60. The monoisotopic (exact) mass is 411 g/mol. The molecule has 1 heterocycles. The van der Waals surface area contributed by atoms with Gasteiger partial charge >= 0.3 is 5.97 Å². The van der Waals surface area contributed by atoms with Crippen LogP contribution >= 0.6 is 11.6 Å². The van der Waals surface area contributed by atoms with E-state index in [2.05, 4.69) is 30.4 Å². The van der Waals surface area contributed by atoms with Gasteiger partial charge in [0.25, 0.3) is 5.56 Å². The molecule has 0 fully saturated rings. The molecule has 0 spiro atoms. The summed E-state index contributed by atoms with van der Waals surface area (Å²) in [5.41, 5.74) is 1.97. The molecule has 0 aliphatic carbocycles. The van der Waals surface area contributed by atoms with Gasteiger partial charge in [-0.25, -0.2) is 9.48 Å². The number of carboxylic acids is 1. The second kappa shape index (κ2) is 8.41. The number of aromatic amines is 1. The summed E-state index contributed by atoms with van der Waals surface area (Å²) in [5.74, 6) is -1.16. The van der Waals surface area contributed by atoms with Crippen LogP contribution in [0.15, 0.2) is 47.3 Å². The minimum absolute atomic E-state index is 0.0752. The highest BCUT2D eigenvalue weighted by atomic mass is 35.5. The van der Waals surface area contributed by atoms with Crippen molar-refractivity contribution in [3.05, 3.63) is 79.5 Å². The third-order valence-electron chi connectivity index (χ3n) is 4.78. The van der Waals surface area contributed by atoms with Gasteiger partial charge in [0.1, 0.15) is 0 Å². The molecule has 3 rings (SSSR count). The highest BCUT2D eigenvalue weighted by Crippen LogP contribution is 2.19. The van der Waals surface area contributed by atoms with Crippen LogP contribution < -0.4 is 21.0 Å². The van der Waals surface area contributed by atoms with E-state index >= 15 is 0 Å². The summed E-state index contributed by atoms with van der Waals surface area (Å²) in [6, 6.07) is 12.3. The molecule has 0 unspecified atom stereocenters. The minimum atomic E-state index is -1.16. The second-order valence-electron chi connectivity index (χ2n) is 6.52. The molecule has 29 heavy (non-hydrogen) atoms. The fraction of sp³-hybridized carbons (Fsp3) is 0.182. The minimum Gasteiger partial charge on any atom is -0.478 e. The van der Waals surface area contributed by atoms with Crippen molar-refractivity contribution in [3.63, 3.8) is 0 Å². The van der Waals surface area contributed by atoms with Gasteiger partial charge in [0.2, 0.25) is 0 Å². The first-order chi connectivity index (χ1) is 13.8. The molecular weight excluding hydrogens is 390 g/mol. The summed E-state index contributed by atoms with van der Waals surface area (Å²) >= 11 is 5.92. The molecule has 3 aromatic rings. The van der Waals surface area contributed by atoms with Crippen LogP contribution in [0.2, 0.25) is 5.02 Å². The molecule has 2 N–H and O–H groups in total. The molecule has 150 valence electrons. The molecule has 2 aromatic carbocycles. The third-order valence-corrected chi connectivity index (χ3v) is 5.11. The average molecular weight is 412 g/mol. The Labute approximate surface area is 173 Å². The van der Waals surface area contributed by atoms with E-state index in [4.69, 9.17) is 11.6 Å². The zero-order chi connectivity index (χ0) is 21.1. The molecule has 0 radical (unpaired) electrons. The van der Waals surface area contributed by atoms with Crippen LogP contribution in [0, 0.1) is 0 Å². The number of benzene rings is 2. The first-order valence-electron chi connectivity index (χ1n) is 9.25. The van der Waals surface area contributed by atoms with Crippen molar-refractivity contribution in [1.82, 2.24) is 9.78 Å². The number of halogens is 1. The summed E-state index contributed by atoms with van der Waals surface area (Å²) in [7, 11) is 0. The molecule has 0 amide bonds. The fourth-order valence-corrected chi connectivity index (χ4v) is 3.38. The van der Waals surface area contributed by atoms with Gasteiger partial charge in [0.15, 0.2) is 0 Å². The van der Waals surface area contributed by atoms with Crippen molar-refractivity contribution in [2.24, 2.45) is 0 Å². The van der Waals surface area contributed by atoms with Gasteiger partial charge in [-0.05, 0) is 55.8 Å². The van der Waals surface area contributed by atoms with Crippen LogP contribution in [0.5, 0.6) is 0 Å². The first kappa shape index (κ1) is 20.5. The molecule has 0 saturated carbocycles. The molecule has 0 atom stereocenters. The number of hydrogen-bond donors (Lipinski definition) is 2. The Hall–Kier alpha value is -3.25. The Bertz CT molecular complexity index is 1210. The van der Waals surface area contributed by atoms with Gasteiger partial charge in [-0.2, -0.15) is 0 Å². The van der Waals surface area contributed by atoms with Crippen molar-refractivity contribution in [3.8, 4) is 5.69 Å². The number of nitrogens with zero attached hydrogens (tertiary/aromatic N) is 2. The van der Waals surface area contributed by atoms with Gasteiger partial charge in [-0.15, -0.1) is 0 Å². The zero-order valence-corrected chi connectivity index (χ0v) is 17.0. The van der Waals surface area contributed by atoms with E-state index in [-0.39, 0.29) is 16.1 Å². The molecule has 7 heteroatoms. The summed E-state index contributed by atoms with van der Waals surface area (Å²) in [5, 5.41) is 13.1. The lowest BCUT2D eigenvalue weighted by molar-refractivity contribution is 0.0697. The molecule has 1 aromatic heterocycles. The second-order valence-corrected chi connectivity index (χ2v) is 6.93. The number of aromatic nitrogens is 2. The molecular formula is C22H22ClN3O3. The SMILES string of the molecule is C=c1[nH]n(-c2ccc(Cl)c(C(=O)O)c2)c(=O)c1=Cc1ccc(N(CC)CC)cc1. The molecule has 0 aliphatic heterocycles. The maximum atomic E-state index is 12.9. The Kier molecular flexibility index (Phi) is 5.94. The quantitative estimate of drug-likeness (QED) is 0.653. The van der Waals surface area contributed by atoms with E-state index in [1.165, 1.54) is 16.8 Å². The van der Waals surface area contributed by atoms with Crippen molar-refractivity contribution in [2.75, 3.05) is 18.0 Å². The average Bonchev–Trinajstić information content (AvgIpc) is 2.98. The highest BCUT2D eigenvalue weighted by Gasteiger charge is 2.12. The van der Waals surface area contributed by atoms with Gasteiger partial charge in [-0.3, -0.25) is 9.89 Å². The van der Waals surface area contributed by atoms with Crippen molar-refractivity contribution < 1.29 is 9.90 Å². The topological polar surface area (TPSA) is 78.3 Å². The number of aromatic carboxylic acids is 1. The van der Waals surface area contributed by atoms with Crippen LogP contribution in [0.3, 0.4) is 0 Å². The van der Waals surface area contributed by atoms with Crippen LogP contribution in [0.4, 0.5) is 5.69 Å². The lowest BCUT2D eigenvalue weighted by Crippen LogP contribution is -2.34. The summed E-state index contributed by atoms with van der Waals surface area (Å²) < 4.78 is 1.27. The number of nitrogens with one attached hydrogen (secondary N) is 1. The molecule has 0 saturated heterocycles. The van der Waals surface area contributed by atoms with E-state index in [1.807, 2.05) is 24.3 Å². The number of anilines is 1. The Morgan fingerprint density at radius 2 is 1.86 bits per heavy atom. The largest absolute Gasteiger partial charge is 0.478 e. The van der Waals surface area contributed by atoms with E-state index in [0.717, 1.165) is 24.3 Å². The third kappa shape index (κ3) is 4.12. The fourth-order valence-electron chi connectivity index (χ4n) is 3.18. The van der Waals surface area contributed by atoms with Gasteiger partial charge < -0.3 is 10.0 Å². The summed E-state index contributed by atoms with van der Waals surface area (Å²) in [4.78, 5) is 26.5. The number of hydrogen-bond acceptors (Lipinski definition) is 3. The number of carbonyl (C=O) groups is 1. The standard InChI is InChI=1S/C22H22ClN3O3/c1-4-25(5-2)16-8-6-15(7-9-16)12-18-14(3)24-26(21(18)27)17-10-11-20(23)19(13-17)22(28)29/h6-13,24H,3-5H2,1-2H3,(H,28,29). The Morgan fingerprint density at radius 1 is 1.21 bits per heavy atom. The van der Waals surface area contributed by atoms with Crippen molar-refractivity contribution in [1.29, 1.82) is 0 Å². The van der Waals surface area contributed by atoms with Crippen molar-refractivity contribution >= 4 is 35.9 Å². The number of carboxylic acid groups (broad SMARTS) is 1.